The van der Waals surface area contributed by atoms with Gasteiger partial charge in [-0.3, -0.25) is 4.79 Å². The molecule has 3 atom stereocenters. The van der Waals surface area contributed by atoms with E-state index in [1.807, 2.05) is 6.92 Å². The van der Waals surface area contributed by atoms with Gasteiger partial charge in [0.2, 0.25) is 5.91 Å². The third kappa shape index (κ3) is 2.86. The van der Waals surface area contributed by atoms with E-state index in [1.54, 1.807) is 0 Å². The number of rotatable bonds is 6. The smallest absolute Gasteiger partial charge is 0.222 e. The first-order valence-electron chi connectivity index (χ1n) is 7.35. The molecule has 1 amide bonds. The van der Waals surface area contributed by atoms with Crippen LogP contribution in [0.5, 0.6) is 0 Å². The van der Waals surface area contributed by atoms with Gasteiger partial charge in [-0.2, -0.15) is 0 Å². The first-order valence-corrected chi connectivity index (χ1v) is 7.35. The topological polar surface area (TPSA) is 41.6 Å². The Morgan fingerprint density at radius 2 is 2.22 bits per heavy atom. The molecule has 0 aromatic rings. The Bertz CT molecular complexity index is 283. The highest BCUT2D eigenvalue weighted by Gasteiger charge is 2.44. The molecule has 2 fully saturated rings. The molecule has 4 nitrogen and oxygen atoms in total. The normalized spacial score (nSPS) is 30.8. The van der Waals surface area contributed by atoms with Crippen molar-refractivity contribution >= 4 is 5.91 Å². The summed E-state index contributed by atoms with van der Waals surface area (Å²) in [5.41, 5.74) is 0. The molecule has 0 bridgehead atoms. The van der Waals surface area contributed by atoms with Crippen molar-refractivity contribution < 1.29 is 9.53 Å². The molecule has 2 rings (SSSR count). The summed E-state index contributed by atoms with van der Waals surface area (Å²) >= 11 is 0. The van der Waals surface area contributed by atoms with Gasteiger partial charge in [0.05, 0.1) is 0 Å². The average molecular weight is 254 g/mol. The summed E-state index contributed by atoms with van der Waals surface area (Å²) in [6, 6.07) is 0.463. The minimum Gasteiger partial charge on any atom is -0.382 e. The molecule has 104 valence electrons. The Labute approximate surface area is 110 Å². The van der Waals surface area contributed by atoms with Gasteiger partial charge in [-0.1, -0.05) is 6.92 Å². The Kier molecular flexibility index (Phi) is 5.01. The van der Waals surface area contributed by atoms with Crippen LogP contribution in [0, 0.1) is 11.8 Å². The number of ether oxygens (including phenoxy) is 1. The second-order valence-corrected chi connectivity index (χ2v) is 5.40. The maximum atomic E-state index is 12.3. The van der Waals surface area contributed by atoms with Gasteiger partial charge in [0.1, 0.15) is 0 Å². The zero-order valence-electron chi connectivity index (χ0n) is 11.7. The molecule has 0 radical (unpaired) electrons. The Morgan fingerprint density at radius 3 is 2.94 bits per heavy atom. The number of likely N-dealkylation sites (tertiary alicyclic amines) is 1. The van der Waals surface area contributed by atoms with E-state index in [1.165, 1.54) is 0 Å². The average Bonchev–Trinajstić information content (AvgIpc) is 2.93. The number of hydrogen-bond acceptors (Lipinski definition) is 3. The lowest BCUT2D eigenvalue weighted by atomic mass is 9.93. The fourth-order valence-electron chi connectivity index (χ4n) is 3.45. The SMILES string of the molecule is CCOCCCC(=O)N1CC2CNCC2C1CC. The monoisotopic (exact) mass is 254 g/mol. The maximum Gasteiger partial charge on any atom is 0.222 e. The van der Waals surface area contributed by atoms with Gasteiger partial charge in [0.25, 0.3) is 0 Å². The molecule has 2 heterocycles. The van der Waals surface area contributed by atoms with Crippen LogP contribution in [0.2, 0.25) is 0 Å². The molecule has 2 saturated heterocycles. The van der Waals surface area contributed by atoms with Crippen LogP contribution in [0.3, 0.4) is 0 Å². The lowest BCUT2D eigenvalue weighted by Gasteiger charge is -2.27. The summed E-state index contributed by atoms with van der Waals surface area (Å²) in [6.07, 6.45) is 2.58. The van der Waals surface area contributed by atoms with Gasteiger partial charge < -0.3 is 15.0 Å². The van der Waals surface area contributed by atoms with E-state index in [9.17, 15) is 4.79 Å². The van der Waals surface area contributed by atoms with E-state index in [2.05, 4.69) is 17.1 Å². The molecule has 18 heavy (non-hydrogen) atoms. The van der Waals surface area contributed by atoms with Crippen LogP contribution >= 0.6 is 0 Å². The van der Waals surface area contributed by atoms with Crippen LogP contribution in [0.1, 0.15) is 33.1 Å². The fourth-order valence-corrected chi connectivity index (χ4v) is 3.45. The summed E-state index contributed by atoms with van der Waals surface area (Å²) in [5, 5.41) is 3.45. The van der Waals surface area contributed by atoms with E-state index in [0.29, 0.717) is 36.8 Å². The number of carbonyl (C=O) groups excluding carboxylic acids is 1. The third-order valence-corrected chi connectivity index (χ3v) is 4.34. The summed E-state index contributed by atoms with van der Waals surface area (Å²) in [4.78, 5) is 14.4. The van der Waals surface area contributed by atoms with E-state index < -0.39 is 0 Å². The van der Waals surface area contributed by atoms with Gasteiger partial charge in [-0.05, 0) is 31.6 Å². The number of nitrogens with zero attached hydrogens (tertiary/aromatic N) is 1. The summed E-state index contributed by atoms with van der Waals surface area (Å²) in [6.45, 7) is 8.78. The van der Waals surface area contributed by atoms with Crippen LogP contribution in [0.4, 0.5) is 0 Å². The highest BCUT2D eigenvalue weighted by atomic mass is 16.5. The quantitative estimate of drug-likeness (QED) is 0.726. The van der Waals surface area contributed by atoms with Crippen LogP contribution in [-0.4, -0.2) is 49.7 Å². The van der Waals surface area contributed by atoms with Gasteiger partial charge >= 0.3 is 0 Å². The zero-order chi connectivity index (χ0) is 13.0. The van der Waals surface area contributed by atoms with E-state index in [0.717, 1.165) is 39.1 Å². The largest absolute Gasteiger partial charge is 0.382 e. The summed E-state index contributed by atoms with van der Waals surface area (Å²) < 4.78 is 5.29. The van der Waals surface area contributed by atoms with Crippen molar-refractivity contribution in [3.05, 3.63) is 0 Å². The molecule has 0 aromatic heterocycles. The lowest BCUT2D eigenvalue weighted by molar-refractivity contribution is -0.132. The number of carbonyl (C=O) groups is 1. The maximum absolute atomic E-state index is 12.3. The molecule has 3 unspecified atom stereocenters. The molecule has 0 aliphatic carbocycles. The minimum atomic E-state index is 0.330. The van der Waals surface area contributed by atoms with E-state index in [4.69, 9.17) is 4.74 Å². The van der Waals surface area contributed by atoms with Crippen molar-refractivity contribution in [2.75, 3.05) is 32.8 Å². The van der Waals surface area contributed by atoms with E-state index >= 15 is 0 Å². The molecule has 2 aliphatic heterocycles. The van der Waals surface area contributed by atoms with Gasteiger partial charge in [0, 0.05) is 45.3 Å². The first kappa shape index (κ1) is 13.8. The fraction of sp³-hybridized carbons (Fsp3) is 0.929. The highest BCUT2D eigenvalue weighted by molar-refractivity contribution is 5.77. The number of hydrogen-bond donors (Lipinski definition) is 1. The van der Waals surface area contributed by atoms with Crippen LogP contribution in [0.25, 0.3) is 0 Å². The molecular weight excluding hydrogens is 228 g/mol. The van der Waals surface area contributed by atoms with Crippen molar-refractivity contribution in [1.29, 1.82) is 0 Å². The van der Waals surface area contributed by atoms with E-state index in [-0.39, 0.29) is 0 Å². The Hall–Kier alpha value is -0.610. The lowest BCUT2D eigenvalue weighted by Crippen LogP contribution is -2.39. The number of amides is 1. The van der Waals surface area contributed by atoms with Crippen LogP contribution < -0.4 is 5.32 Å². The number of nitrogens with one attached hydrogen (secondary N) is 1. The Balaban J connectivity index is 1.82. The van der Waals surface area contributed by atoms with Crippen molar-refractivity contribution in [2.45, 2.75) is 39.2 Å². The van der Waals surface area contributed by atoms with Crippen molar-refractivity contribution in [3.8, 4) is 0 Å². The minimum absolute atomic E-state index is 0.330. The summed E-state index contributed by atoms with van der Waals surface area (Å²) in [7, 11) is 0. The number of fused-ring (bicyclic) bond motifs is 1. The molecule has 0 saturated carbocycles. The van der Waals surface area contributed by atoms with Crippen LogP contribution in [0.15, 0.2) is 0 Å². The molecule has 4 heteroatoms. The standard InChI is InChI=1S/C14H26N2O2/c1-3-13-12-9-15-8-11(12)10-16(13)14(17)6-5-7-18-4-2/h11-13,15H,3-10H2,1-2H3. The van der Waals surface area contributed by atoms with Crippen molar-refractivity contribution in [3.63, 3.8) is 0 Å². The second kappa shape index (κ2) is 6.53. The molecule has 0 aromatic carbocycles. The predicted molar refractivity (Wildman–Crippen MR) is 71.4 cm³/mol. The van der Waals surface area contributed by atoms with Gasteiger partial charge in [0.15, 0.2) is 0 Å². The van der Waals surface area contributed by atoms with Crippen molar-refractivity contribution in [1.82, 2.24) is 10.2 Å². The first-order chi connectivity index (χ1) is 8.77. The molecular formula is C14H26N2O2. The summed E-state index contributed by atoms with van der Waals surface area (Å²) in [5.74, 6) is 1.70. The third-order valence-electron chi connectivity index (χ3n) is 4.34. The van der Waals surface area contributed by atoms with Gasteiger partial charge in [-0.15, -0.1) is 0 Å². The Morgan fingerprint density at radius 1 is 1.39 bits per heavy atom. The highest BCUT2D eigenvalue weighted by Crippen LogP contribution is 2.34. The molecule has 1 N–H and O–H groups in total. The second-order valence-electron chi connectivity index (χ2n) is 5.40. The predicted octanol–water partition coefficient (Wildman–Crippen LogP) is 1.26. The molecule has 0 spiro atoms. The van der Waals surface area contributed by atoms with Gasteiger partial charge in [-0.25, -0.2) is 0 Å². The zero-order valence-corrected chi connectivity index (χ0v) is 11.7. The molecule has 2 aliphatic rings. The van der Waals surface area contributed by atoms with Crippen molar-refractivity contribution in [2.24, 2.45) is 11.8 Å². The van der Waals surface area contributed by atoms with Crippen LogP contribution in [-0.2, 0) is 9.53 Å².